The van der Waals surface area contributed by atoms with E-state index >= 15 is 0 Å². The van der Waals surface area contributed by atoms with E-state index in [1.807, 2.05) is 41.1 Å². The van der Waals surface area contributed by atoms with Gasteiger partial charge < -0.3 is 15.0 Å². The number of rotatable bonds is 5. The molecule has 2 aromatic carbocycles. The van der Waals surface area contributed by atoms with Crippen molar-refractivity contribution in [3.05, 3.63) is 71.9 Å². The highest BCUT2D eigenvalue weighted by atomic mass is 19.2. The van der Waals surface area contributed by atoms with Crippen molar-refractivity contribution in [2.24, 2.45) is 0 Å². The smallest absolute Gasteiger partial charge is 0.159 e. The molecule has 0 aliphatic heterocycles. The Bertz CT molecular complexity index is 816. The van der Waals surface area contributed by atoms with E-state index < -0.39 is 23.8 Å². The number of para-hydroxylation sites is 1. The molecule has 3 aromatic rings. The molecule has 0 aliphatic carbocycles. The molecule has 0 amide bonds. The Labute approximate surface area is 133 Å². The van der Waals surface area contributed by atoms with Crippen LogP contribution in [0, 0.1) is 11.6 Å². The number of hydrogen-bond donors (Lipinski definition) is 2. The van der Waals surface area contributed by atoms with Gasteiger partial charge in [0.15, 0.2) is 11.6 Å². The number of aliphatic hydroxyl groups excluding tert-OH is 1. The summed E-state index contributed by atoms with van der Waals surface area (Å²) in [6, 6.07) is 12.9. The molecule has 0 fully saturated rings. The fraction of sp³-hybridized carbons (Fsp3) is 0.222. The van der Waals surface area contributed by atoms with Gasteiger partial charge in [0.1, 0.15) is 0 Å². The van der Waals surface area contributed by atoms with Crippen molar-refractivity contribution in [1.29, 1.82) is 0 Å². The molecule has 0 aliphatic rings. The summed E-state index contributed by atoms with van der Waals surface area (Å²) in [5, 5.41) is 14.5. The number of halogens is 2. The Morgan fingerprint density at radius 2 is 1.87 bits per heavy atom. The summed E-state index contributed by atoms with van der Waals surface area (Å²) in [6.45, 7) is 0.330. The average molecular weight is 316 g/mol. The van der Waals surface area contributed by atoms with Gasteiger partial charge in [-0.1, -0.05) is 24.3 Å². The molecule has 0 radical (unpaired) electrons. The SMILES string of the molecule is CNC[C@@H](O)[C@H](c1ccc(F)c(F)c1)n1ccc2ccccc21. The second-order valence-electron chi connectivity index (χ2n) is 5.53. The highest BCUT2D eigenvalue weighted by molar-refractivity contribution is 5.80. The number of aliphatic hydroxyl groups is 1. The summed E-state index contributed by atoms with van der Waals surface area (Å²) in [7, 11) is 1.74. The van der Waals surface area contributed by atoms with Gasteiger partial charge >= 0.3 is 0 Å². The fourth-order valence-corrected chi connectivity index (χ4v) is 2.93. The number of likely N-dealkylation sites (N-methyl/N-ethyl adjacent to an activating group) is 1. The molecule has 3 nitrogen and oxygen atoms in total. The van der Waals surface area contributed by atoms with Crippen LogP contribution in [-0.2, 0) is 0 Å². The molecule has 0 saturated heterocycles. The lowest BCUT2D eigenvalue weighted by molar-refractivity contribution is 0.132. The third-order valence-electron chi connectivity index (χ3n) is 3.99. The van der Waals surface area contributed by atoms with Gasteiger partial charge in [0.25, 0.3) is 0 Å². The lowest BCUT2D eigenvalue weighted by Gasteiger charge is -2.26. The standard InChI is InChI=1S/C18H18F2N2O/c1-21-11-17(23)18(13-6-7-14(19)15(20)10-13)22-9-8-12-4-2-3-5-16(12)22/h2-10,17-18,21,23H,11H2,1H3/t17-,18+/m1/s1. The second-order valence-corrected chi connectivity index (χ2v) is 5.53. The van der Waals surface area contributed by atoms with Crippen LogP contribution in [0.2, 0.25) is 0 Å². The minimum atomic E-state index is -0.916. The second kappa shape index (κ2) is 6.48. The average Bonchev–Trinajstić information content (AvgIpc) is 2.95. The zero-order chi connectivity index (χ0) is 16.4. The molecule has 3 rings (SSSR count). The van der Waals surface area contributed by atoms with E-state index in [0.29, 0.717) is 12.1 Å². The van der Waals surface area contributed by atoms with E-state index in [1.165, 1.54) is 6.07 Å². The first-order chi connectivity index (χ1) is 11.1. The fourth-order valence-electron chi connectivity index (χ4n) is 2.93. The summed E-state index contributed by atoms with van der Waals surface area (Å²) in [5.41, 5.74) is 1.45. The highest BCUT2D eigenvalue weighted by Gasteiger charge is 2.24. The molecule has 120 valence electrons. The maximum absolute atomic E-state index is 13.7. The van der Waals surface area contributed by atoms with Gasteiger partial charge in [0, 0.05) is 18.3 Å². The number of hydrogen-bond acceptors (Lipinski definition) is 2. The molecule has 0 saturated carbocycles. The molecule has 0 bridgehead atoms. The Balaban J connectivity index is 2.13. The van der Waals surface area contributed by atoms with Crippen LogP contribution >= 0.6 is 0 Å². The zero-order valence-electron chi connectivity index (χ0n) is 12.7. The first kappa shape index (κ1) is 15.6. The Morgan fingerprint density at radius 1 is 1.09 bits per heavy atom. The maximum Gasteiger partial charge on any atom is 0.159 e. The largest absolute Gasteiger partial charge is 0.389 e. The van der Waals surface area contributed by atoms with E-state index in [1.54, 1.807) is 7.05 Å². The third-order valence-corrected chi connectivity index (χ3v) is 3.99. The van der Waals surface area contributed by atoms with E-state index in [4.69, 9.17) is 0 Å². The zero-order valence-corrected chi connectivity index (χ0v) is 12.7. The lowest BCUT2D eigenvalue weighted by Crippen LogP contribution is -2.33. The quantitative estimate of drug-likeness (QED) is 0.759. The van der Waals surface area contributed by atoms with E-state index in [0.717, 1.165) is 23.0 Å². The Kier molecular flexibility index (Phi) is 4.41. The number of nitrogens with zero attached hydrogens (tertiary/aromatic N) is 1. The van der Waals surface area contributed by atoms with Crippen molar-refractivity contribution < 1.29 is 13.9 Å². The van der Waals surface area contributed by atoms with Crippen LogP contribution in [0.4, 0.5) is 8.78 Å². The van der Waals surface area contributed by atoms with Crippen LogP contribution in [0.3, 0.4) is 0 Å². The molecular formula is C18H18F2N2O. The minimum absolute atomic E-state index is 0.330. The normalized spacial score (nSPS) is 14.1. The summed E-state index contributed by atoms with van der Waals surface area (Å²) in [4.78, 5) is 0. The minimum Gasteiger partial charge on any atom is -0.389 e. The summed E-state index contributed by atoms with van der Waals surface area (Å²) >= 11 is 0. The molecule has 1 heterocycles. The van der Waals surface area contributed by atoms with Crippen molar-refractivity contribution in [2.45, 2.75) is 12.1 Å². The van der Waals surface area contributed by atoms with Gasteiger partial charge in [-0.05, 0) is 42.3 Å². The molecule has 0 unspecified atom stereocenters. The molecule has 5 heteroatoms. The van der Waals surface area contributed by atoms with E-state index in [2.05, 4.69) is 5.32 Å². The van der Waals surface area contributed by atoms with Crippen LogP contribution in [0.1, 0.15) is 11.6 Å². The van der Waals surface area contributed by atoms with Crippen LogP contribution in [0.15, 0.2) is 54.7 Å². The molecule has 2 atom stereocenters. The van der Waals surface area contributed by atoms with Gasteiger partial charge in [-0.25, -0.2) is 8.78 Å². The van der Waals surface area contributed by atoms with E-state index in [9.17, 15) is 13.9 Å². The number of benzene rings is 2. The van der Waals surface area contributed by atoms with Gasteiger partial charge in [-0.3, -0.25) is 0 Å². The van der Waals surface area contributed by atoms with Gasteiger partial charge in [0.05, 0.1) is 12.1 Å². The van der Waals surface area contributed by atoms with E-state index in [-0.39, 0.29) is 0 Å². The first-order valence-electron chi connectivity index (χ1n) is 7.45. The molecule has 1 aromatic heterocycles. The topological polar surface area (TPSA) is 37.2 Å². The summed E-state index contributed by atoms with van der Waals surface area (Å²) in [5.74, 6) is -1.81. The molecule has 2 N–H and O–H groups in total. The highest BCUT2D eigenvalue weighted by Crippen LogP contribution is 2.28. The van der Waals surface area contributed by atoms with Crippen molar-refractivity contribution in [3.8, 4) is 0 Å². The molecular weight excluding hydrogens is 298 g/mol. The molecule has 0 spiro atoms. The molecule has 23 heavy (non-hydrogen) atoms. The summed E-state index contributed by atoms with van der Waals surface area (Å²) in [6.07, 6.45) is 1.07. The van der Waals surface area contributed by atoms with Crippen LogP contribution in [0.5, 0.6) is 0 Å². The van der Waals surface area contributed by atoms with Gasteiger partial charge in [0.2, 0.25) is 0 Å². The number of aromatic nitrogens is 1. The van der Waals surface area contributed by atoms with Crippen LogP contribution in [0.25, 0.3) is 10.9 Å². The predicted octanol–water partition coefficient (Wildman–Crippen LogP) is 3.09. The van der Waals surface area contributed by atoms with Crippen molar-refractivity contribution in [3.63, 3.8) is 0 Å². The van der Waals surface area contributed by atoms with Crippen LogP contribution < -0.4 is 5.32 Å². The first-order valence-corrected chi connectivity index (χ1v) is 7.45. The number of fused-ring (bicyclic) bond motifs is 1. The predicted molar refractivity (Wildman–Crippen MR) is 86.4 cm³/mol. The Morgan fingerprint density at radius 3 is 2.61 bits per heavy atom. The lowest BCUT2D eigenvalue weighted by atomic mass is 10.00. The maximum atomic E-state index is 13.7. The number of nitrogens with one attached hydrogen (secondary N) is 1. The van der Waals surface area contributed by atoms with Crippen molar-refractivity contribution in [1.82, 2.24) is 9.88 Å². The van der Waals surface area contributed by atoms with Gasteiger partial charge in [-0.15, -0.1) is 0 Å². The van der Waals surface area contributed by atoms with Crippen molar-refractivity contribution in [2.75, 3.05) is 13.6 Å². The van der Waals surface area contributed by atoms with Gasteiger partial charge in [-0.2, -0.15) is 0 Å². The summed E-state index contributed by atoms with van der Waals surface area (Å²) < 4.78 is 28.8. The monoisotopic (exact) mass is 316 g/mol. The Hall–Kier alpha value is -2.24. The third kappa shape index (κ3) is 2.98. The van der Waals surface area contributed by atoms with Crippen LogP contribution in [-0.4, -0.2) is 29.4 Å². The van der Waals surface area contributed by atoms with Crippen molar-refractivity contribution >= 4 is 10.9 Å².